The molecule has 72 valence electrons. The van der Waals surface area contributed by atoms with Gasteiger partial charge >= 0.3 is 0 Å². The second kappa shape index (κ2) is 3.19. The van der Waals surface area contributed by atoms with Crippen molar-refractivity contribution < 1.29 is 9.66 Å². The highest BCUT2D eigenvalue weighted by Crippen LogP contribution is 2.21. The van der Waals surface area contributed by atoms with E-state index in [1.807, 2.05) is 0 Å². The lowest BCUT2D eigenvalue weighted by atomic mass is 10.0. The summed E-state index contributed by atoms with van der Waals surface area (Å²) in [5.74, 6) is 0. The van der Waals surface area contributed by atoms with Crippen LogP contribution in [0.5, 0.6) is 0 Å². The number of rotatable bonds is 1. The Kier molecular flexibility index (Phi) is 2.01. The fourth-order valence-corrected chi connectivity index (χ4v) is 1.43. The molecule has 1 heterocycles. The summed E-state index contributed by atoms with van der Waals surface area (Å²) >= 11 is 0. The lowest BCUT2D eigenvalue weighted by molar-refractivity contribution is -0.384. The Labute approximate surface area is 80.0 Å². The molecule has 0 aromatic heterocycles. The summed E-state index contributed by atoms with van der Waals surface area (Å²) in [6, 6.07) is 4.50. The van der Waals surface area contributed by atoms with Crippen molar-refractivity contribution in [2.75, 3.05) is 6.61 Å². The van der Waals surface area contributed by atoms with E-state index in [9.17, 15) is 10.1 Å². The maximum Gasteiger partial charge on any atom is 0.270 e. The molecule has 0 unspecified atom stereocenters. The van der Waals surface area contributed by atoms with Crippen molar-refractivity contribution in [1.29, 1.82) is 5.41 Å². The molecule has 1 aromatic carbocycles. The van der Waals surface area contributed by atoms with Gasteiger partial charge in [-0.2, -0.15) is 0 Å². The molecule has 14 heavy (non-hydrogen) atoms. The molecule has 1 aliphatic rings. The fraction of sp³-hybridized carbons (Fsp3) is 0.222. The van der Waals surface area contributed by atoms with Gasteiger partial charge in [0.1, 0.15) is 0 Å². The summed E-state index contributed by atoms with van der Waals surface area (Å²) in [4.78, 5) is 10.0. The van der Waals surface area contributed by atoms with Gasteiger partial charge in [0.15, 0.2) is 0 Å². The number of hydrogen-bond donors (Lipinski definition) is 1. The Hall–Kier alpha value is -1.75. The summed E-state index contributed by atoms with van der Waals surface area (Å²) in [5.41, 5.74) is 1.79. The maximum absolute atomic E-state index is 10.5. The third-order valence-corrected chi connectivity index (χ3v) is 2.13. The number of nitrogens with zero attached hydrogens (tertiary/aromatic N) is 1. The van der Waals surface area contributed by atoms with Crippen molar-refractivity contribution in [3.05, 3.63) is 39.4 Å². The molecule has 2 rings (SSSR count). The number of nitro benzene ring substituents is 1. The predicted molar refractivity (Wildman–Crippen MR) is 49.6 cm³/mol. The second-order valence-electron chi connectivity index (χ2n) is 3.07. The van der Waals surface area contributed by atoms with E-state index in [0.29, 0.717) is 17.9 Å². The van der Waals surface area contributed by atoms with Gasteiger partial charge in [-0.1, -0.05) is 0 Å². The van der Waals surface area contributed by atoms with E-state index in [1.54, 1.807) is 6.07 Å². The van der Waals surface area contributed by atoms with Gasteiger partial charge in [-0.25, -0.2) is 0 Å². The number of nitrogens with one attached hydrogen (secondary N) is 1. The molecule has 0 atom stereocenters. The molecule has 0 radical (unpaired) electrons. The van der Waals surface area contributed by atoms with Crippen LogP contribution < -0.4 is 0 Å². The summed E-state index contributed by atoms with van der Waals surface area (Å²) in [5, 5.41) is 18.1. The summed E-state index contributed by atoms with van der Waals surface area (Å²) < 4.78 is 5.11. The molecule has 0 saturated heterocycles. The van der Waals surface area contributed by atoms with Crippen LogP contribution in [0.3, 0.4) is 0 Å². The largest absolute Gasteiger partial charge is 0.370 e. The van der Waals surface area contributed by atoms with Crippen molar-refractivity contribution in [3.8, 4) is 0 Å². The third kappa shape index (κ3) is 1.38. The van der Waals surface area contributed by atoms with E-state index in [-0.39, 0.29) is 12.3 Å². The van der Waals surface area contributed by atoms with Gasteiger partial charge in [-0.3, -0.25) is 10.1 Å². The van der Waals surface area contributed by atoms with Crippen molar-refractivity contribution in [3.63, 3.8) is 0 Å². The summed E-state index contributed by atoms with van der Waals surface area (Å²) in [7, 11) is 0. The summed E-state index contributed by atoms with van der Waals surface area (Å²) in [6.45, 7) is 0.657. The number of nitro groups is 1. The smallest absolute Gasteiger partial charge is 0.270 e. The van der Waals surface area contributed by atoms with Gasteiger partial charge in [-0.15, -0.1) is 0 Å². The molecule has 0 bridgehead atoms. The standard InChI is InChI=1S/C9H8N2O3/c10-9-5-14-4-6-1-2-7(11(12)13)3-8(6)9/h1-3,10H,4-5H2. The third-order valence-electron chi connectivity index (χ3n) is 2.13. The van der Waals surface area contributed by atoms with Crippen LogP contribution in [0.1, 0.15) is 11.1 Å². The highest BCUT2D eigenvalue weighted by molar-refractivity contribution is 6.01. The molecular formula is C9H8N2O3. The predicted octanol–water partition coefficient (Wildman–Crippen LogP) is 1.49. The maximum atomic E-state index is 10.5. The van der Waals surface area contributed by atoms with Gasteiger partial charge < -0.3 is 10.1 Å². The minimum Gasteiger partial charge on any atom is -0.370 e. The molecule has 5 heteroatoms. The minimum absolute atomic E-state index is 0.0235. The van der Waals surface area contributed by atoms with Gasteiger partial charge in [0.25, 0.3) is 5.69 Å². The van der Waals surface area contributed by atoms with Crippen LogP contribution in [0.2, 0.25) is 0 Å². The average molecular weight is 192 g/mol. The second-order valence-corrected chi connectivity index (χ2v) is 3.07. The Morgan fingerprint density at radius 1 is 1.43 bits per heavy atom. The Balaban J connectivity index is 2.51. The molecule has 0 amide bonds. The Morgan fingerprint density at radius 3 is 2.93 bits per heavy atom. The van der Waals surface area contributed by atoms with Crippen LogP contribution in [0, 0.1) is 15.5 Å². The van der Waals surface area contributed by atoms with Crippen LogP contribution in [0.25, 0.3) is 0 Å². The zero-order valence-electron chi connectivity index (χ0n) is 7.32. The van der Waals surface area contributed by atoms with Gasteiger partial charge in [0.2, 0.25) is 0 Å². The van der Waals surface area contributed by atoms with E-state index in [4.69, 9.17) is 10.1 Å². The lowest BCUT2D eigenvalue weighted by Crippen LogP contribution is -2.18. The molecule has 0 spiro atoms. The molecule has 1 aromatic rings. The number of fused-ring (bicyclic) bond motifs is 1. The number of ether oxygens (including phenoxy) is 1. The Bertz CT molecular complexity index is 415. The normalized spacial score (nSPS) is 15.0. The SMILES string of the molecule is N=C1COCc2ccc([N+](=O)[O-])cc21. The topological polar surface area (TPSA) is 76.2 Å². The molecule has 0 aliphatic carbocycles. The first-order valence-electron chi connectivity index (χ1n) is 4.11. The molecule has 0 fully saturated rings. The zero-order valence-corrected chi connectivity index (χ0v) is 7.32. The van der Waals surface area contributed by atoms with Crippen LogP contribution in [0.4, 0.5) is 5.69 Å². The lowest BCUT2D eigenvalue weighted by Gasteiger charge is -2.16. The first-order valence-corrected chi connectivity index (χ1v) is 4.11. The van der Waals surface area contributed by atoms with Crippen LogP contribution in [-0.4, -0.2) is 17.2 Å². The molecule has 5 nitrogen and oxygen atoms in total. The van der Waals surface area contributed by atoms with Gasteiger partial charge in [-0.05, 0) is 11.6 Å². The van der Waals surface area contributed by atoms with Crippen molar-refractivity contribution in [2.45, 2.75) is 6.61 Å². The first-order chi connectivity index (χ1) is 6.68. The highest BCUT2D eigenvalue weighted by Gasteiger charge is 2.17. The van der Waals surface area contributed by atoms with Gasteiger partial charge in [0, 0.05) is 17.7 Å². The van der Waals surface area contributed by atoms with E-state index >= 15 is 0 Å². The number of benzene rings is 1. The average Bonchev–Trinajstić information content (AvgIpc) is 2.18. The fourth-order valence-electron chi connectivity index (χ4n) is 1.43. The highest BCUT2D eigenvalue weighted by atomic mass is 16.6. The first kappa shape index (κ1) is 8.83. The van der Waals surface area contributed by atoms with E-state index in [1.165, 1.54) is 12.1 Å². The van der Waals surface area contributed by atoms with Crippen molar-refractivity contribution in [2.24, 2.45) is 0 Å². The number of hydrogen-bond acceptors (Lipinski definition) is 4. The van der Waals surface area contributed by atoms with Crippen LogP contribution >= 0.6 is 0 Å². The monoisotopic (exact) mass is 192 g/mol. The van der Waals surface area contributed by atoms with Crippen molar-refractivity contribution >= 4 is 11.4 Å². The number of non-ortho nitro benzene ring substituents is 1. The molecule has 1 N–H and O–H groups in total. The van der Waals surface area contributed by atoms with Gasteiger partial charge in [0.05, 0.1) is 23.8 Å². The van der Waals surface area contributed by atoms with Crippen LogP contribution in [0.15, 0.2) is 18.2 Å². The molecule has 0 saturated carbocycles. The Morgan fingerprint density at radius 2 is 2.21 bits per heavy atom. The molecule has 1 aliphatic heterocycles. The van der Waals surface area contributed by atoms with Crippen LogP contribution in [-0.2, 0) is 11.3 Å². The van der Waals surface area contributed by atoms with E-state index < -0.39 is 4.92 Å². The van der Waals surface area contributed by atoms with E-state index in [2.05, 4.69) is 0 Å². The van der Waals surface area contributed by atoms with E-state index in [0.717, 1.165) is 5.56 Å². The minimum atomic E-state index is -0.455. The zero-order chi connectivity index (χ0) is 10.1. The molecular weight excluding hydrogens is 184 g/mol. The quantitative estimate of drug-likeness (QED) is 0.541. The summed E-state index contributed by atoms with van der Waals surface area (Å²) in [6.07, 6.45) is 0. The van der Waals surface area contributed by atoms with Crippen molar-refractivity contribution in [1.82, 2.24) is 0 Å².